The molecule has 2 aromatic carbocycles. The molecule has 0 atom stereocenters. The minimum atomic E-state index is -3.95. The number of ether oxygens (including phenoxy) is 2. The van der Waals surface area contributed by atoms with Crippen LogP contribution in [0, 0.1) is 11.3 Å². The summed E-state index contributed by atoms with van der Waals surface area (Å²) in [7, 11) is -2.47. The van der Waals surface area contributed by atoms with Crippen molar-refractivity contribution in [3.63, 3.8) is 0 Å². The number of halogens is 1. The predicted octanol–water partition coefficient (Wildman–Crippen LogP) is 4.95. The summed E-state index contributed by atoms with van der Waals surface area (Å²) in [5.74, 6) is 1.32. The highest BCUT2D eigenvalue weighted by molar-refractivity contribution is 7.92. The normalized spacial score (nSPS) is 15.7. The maximum absolute atomic E-state index is 13.1. The van der Waals surface area contributed by atoms with Gasteiger partial charge in [0.25, 0.3) is 10.0 Å². The number of nitrogens with zero attached hydrogens (tertiary/aromatic N) is 1. The highest BCUT2D eigenvalue weighted by atomic mass is 35.5. The molecule has 0 unspecified atom stereocenters. The Kier molecular flexibility index (Phi) is 6.95. The van der Waals surface area contributed by atoms with Crippen LogP contribution in [0.15, 0.2) is 41.3 Å². The third kappa shape index (κ3) is 5.13. The highest BCUT2D eigenvalue weighted by Gasteiger charge is 2.37. The minimum absolute atomic E-state index is 0.0183. The zero-order valence-corrected chi connectivity index (χ0v) is 20.5. The monoisotopic (exact) mass is 480 g/mol. The van der Waals surface area contributed by atoms with E-state index in [-0.39, 0.29) is 22.4 Å². The van der Waals surface area contributed by atoms with E-state index in [0.29, 0.717) is 35.3 Å². The van der Waals surface area contributed by atoms with E-state index < -0.39 is 15.4 Å². The molecule has 3 rings (SSSR count). The molecule has 0 radical (unpaired) electrons. The van der Waals surface area contributed by atoms with Crippen LogP contribution >= 0.6 is 11.6 Å². The summed E-state index contributed by atoms with van der Waals surface area (Å²) >= 11 is 6.15. The van der Waals surface area contributed by atoms with Gasteiger partial charge < -0.3 is 14.4 Å². The Balaban J connectivity index is 1.94. The number of anilines is 2. The van der Waals surface area contributed by atoms with Gasteiger partial charge >= 0.3 is 0 Å². The number of methoxy groups -OCH3 is 1. The van der Waals surface area contributed by atoms with Crippen molar-refractivity contribution in [1.82, 2.24) is 0 Å². The molecule has 0 aliphatic carbocycles. The molecule has 2 aromatic rings. The number of benzene rings is 2. The second kappa shape index (κ2) is 9.19. The van der Waals surface area contributed by atoms with Crippen molar-refractivity contribution in [3.8, 4) is 11.5 Å². The molecule has 1 aliphatic rings. The molecule has 0 aromatic heterocycles. The molecule has 174 valence electrons. The Morgan fingerprint density at radius 1 is 1.22 bits per heavy atom. The van der Waals surface area contributed by atoms with Crippen molar-refractivity contribution in [2.45, 2.75) is 39.0 Å². The van der Waals surface area contributed by atoms with Crippen LogP contribution in [0.1, 0.15) is 34.1 Å². The van der Waals surface area contributed by atoms with Gasteiger partial charge in [-0.3, -0.25) is 9.52 Å². The molecule has 1 aliphatic heterocycles. The quantitative estimate of drug-likeness (QED) is 0.606. The van der Waals surface area contributed by atoms with E-state index >= 15 is 0 Å². The first-order chi connectivity index (χ1) is 14.9. The van der Waals surface area contributed by atoms with Gasteiger partial charge in [-0.05, 0) is 50.5 Å². The number of hydrogen-bond donors (Lipinski definition) is 1. The van der Waals surface area contributed by atoms with Gasteiger partial charge in [0.05, 0.1) is 28.9 Å². The van der Waals surface area contributed by atoms with E-state index in [1.165, 1.54) is 25.3 Å². The third-order valence-corrected chi connectivity index (χ3v) is 7.14. The summed E-state index contributed by atoms with van der Waals surface area (Å²) in [6, 6.07) is 9.28. The SMILES string of the molecule is COc1ccc(S(=O)(=O)Nc2ccc3c(c2)OCC(C)(C)C(=O)N3CCC(C)C)c(Cl)c1. The Bertz CT molecular complexity index is 1120. The van der Waals surface area contributed by atoms with Crippen molar-refractivity contribution in [2.24, 2.45) is 11.3 Å². The number of carbonyl (C=O) groups excluding carboxylic acids is 1. The van der Waals surface area contributed by atoms with Crippen LogP contribution in [-0.2, 0) is 14.8 Å². The first-order valence-electron chi connectivity index (χ1n) is 10.4. The smallest absolute Gasteiger partial charge is 0.263 e. The minimum Gasteiger partial charge on any atom is -0.497 e. The molecule has 0 bridgehead atoms. The number of amides is 1. The van der Waals surface area contributed by atoms with Crippen LogP contribution in [0.4, 0.5) is 11.4 Å². The third-order valence-electron chi connectivity index (χ3n) is 5.27. The van der Waals surface area contributed by atoms with Crippen LogP contribution in [0.3, 0.4) is 0 Å². The molecule has 1 heterocycles. The fourth-order valence-corrected chi connectivity index (χ4v) is 4.94. The lowest BCUT2D eigenvalue weighted by atomic mass is 9.92. The average molecular weight is 481 g/mol. The number of rotatable bonds is 7. The zero-order chi connectivity index (χ0) is 23.7. The number of sulfonamides is 1. The van der Waals surface area contributed by atoms with Gasteiger partial charge in [0.15, 0.2) is 0 Å². The maximum atomic E-state index is 13.1. The second-order valence-corrected chi connectivity index (χ2v) is 11.0. The molecule has 9 heteroatoms. The van der Waals surface area contributed by atoms with Gasteiger partial charge in [0.1, 0.15) is 23.0 Å². The second-order valence-electron chi connectivity index (χ2n) is 8.90. The van der Waals surface area contributed by atoms with Crippen LogP contribution in [0.5, 0.6) is 11.5 Å². The number of fused-ring (bicyclic) bond motifs is 1. The van der Waals surface area contributed by atoms with Gasteiger partial charge in [-0.15, -0.1) is 0 Å². The van der Waals surface area contributed by atoms with Gasteiger partial charge in [0, 0.05) is 18.7 Å². The summed E-state index contributed by atoms with van der Waals surface area (Å²) in [6.45, 7) is 8.65. The van der Waals surface area contributed by atoms with E-state index in [4.69, 9.17) is 21.1 Å². The first kappa shape index (κ1) is 24.2. The van der Waals surface area contributed by atoms with E-state index in [9.17, 15) is 13.2 Å². The van der Waals surface area contributed by atoms with Gasteiger partial charge in [-0.1, -0.05) is 25.4 Å². The maximum Gasteiger partial charge on any atom is 0.263 e. The first-order valence-corrected chi connectivity index (χ1v) is 12.3. The van der Waals surface area contributed by atoms with Crippen LogP contribution < -0.4 is 19.1 Å². The predicted molar refractivity (Wildman–Crippen MR) is 126 cm³/mol. The van der Waals surface area contributed by atoms with Crippen LogP contribution in [0.2, 0.25) is 5.02 Å². The molecular formula is C23H29ClN2O5S. The average Bonchev–Trinajstić information content (AvgIpc) is 2.80. The number of carbonyl (C=O) groups is 1. The summed E-state index contributed by atoms with van der Waals surface area (Å²) in [4.78, 5) is 14.8. The summed E-state index contributed by atoms with van der Waals surface area (Å²) in [6.07, 6.45) is 0.839. The number of nitrogens with one attached hydrogen (secondary N) is 1. The summed E-state index contributed by atoms with van der Waals surface area (Å²) < 4.78 is 39.4. The molecule has 0 spiro atoms. The van der Waals surface area contributed by atoms with E-state index in [1.807, 2.05) is 13.8 Å². The summed E-state index contributed by atoms with van der Waals surface area (Å²) in [5.41, 5.74) is 0.241. The molecule has 1 N–H and O–H groups in total. The number of hydrogen-bond acceptors (Lipinski definition) is 5. The zero-order valence-electron chi connectivity index (χ0n) is 18.9. The van der Waals surface area contributed by atoms with Crippen molar-refractivity contribution >= 4 is 38.9 Å². The Labute approximate surface area is 194 Å². The fourth-order valence-electron chi connectivity index (χ4n) is 3.36. The Hall–Kier alpha value is -2.45. The molecule has 0 saturated heterocycles. The van der Waals surface area contributed by atoms with Crippen LogP contribution in [0.25, 0.3) is 0 Å². The molecule has 1 amide bonds. The van der Waals surface area contributed by atoms with E-state index in [2.05, 4.69) is 18.6 Å². The van der Waals surface area contributed by atoms with E-state index in [1.54, 1.807) is 23.1 Å². The molecule has 0 saturated carbocycles. The lowest BCUT2D eigenvalue weighted by molar-refractivity contribution is -0.127. The molecule has 0 fully saturated rings. The lowest BCUT2D eigenvalue weighted by Crippen LogP contribution is -2.42. The fraction of sp³-hybridized carbons (Fsp3) is 0.435. The highest BCUT2D eigenvalue weighted by Crippen LogP contribution is 2.39. The molecular weight excluding hydrogens is 452 g/mol. The molecule has 7 nitrogen and oxygen atoms in total. The standard InChI is InChI=1S/C23H29ClN2O5S/c1-15(2)10-11-26-19-8-6-16(12-20(19)31-14-23(3,4)22(26)27)25-32(28,29)21-9-7-17(30-5)13-18(21)24/h6-9,12-13,15,25H,10-11,14H2,1-5H3. The van der Waals surface area contributed by atoms with Gasteiger partial charge in [-0.2, -0.15) is 0 Å². The Morgan fingerprint density at radius 3 is 2.56 bits per heavy atom. The van der Waals surface area contributed by atoms with Gasteiger partial charge in [0.2, 0.25) is 5.91 Å². The summed E-state index contributed by atoms with van der Waals surface area (Å²) in [5, 5.41) is 0.0510. The van der Waals surface area contributed by atoms with Crippen molar-refractivity contribution in [2.75, 3.05) is 29.9 Å². The van der Waals surface area contributed by atoms with Crippen LogP contribution in [-0.4, -0.2) is 34.6 Å². The van der Waals surface area contributed by atoms with Crippen molar-refractivity contribution < 1.29 is 22.7 Å². The largest absolute Gasteiger partial charge is 0.497 e. The van der Waals surface area contributed by atoms with Gasteiger partial charge in [-0.25, -0.2) is 8.42 Å². The van der Waals surface area contributed by atoms with Crippen molar-refractivity contribution in [3.05, 3.63) is 41.4 Å². The lowest BCUT2D eigenvalue weighted by Gasteiger charge is -2.28. The van der Waals surface area contributed by atoms with Crippen molar-refractivity contribution in [1.29, 1.82) is 0 Å². The molecule has 32 heavy (non-hydrogen) atoms. The van der Waals surface area contributed by atoms with E-state index in [0.717, 1.165) is 6.42 Å². The topological polar surface area (TPSA) is 84.9 Å². The Morgan fingerprint density at radius 2 is 1.94 bits per heavy atom.